The number of aromatic carboxylic acids is 1. The minimum Gasteiger partial charge on any atom is -0.478 e. The van der Waals surface area contributed by atoms with Gasteiger partial charge in [-0.2, -0.15) is 13.2 Å². The van der Waals surface area contributed by atoms with Gasteiger partial charge in [0.05, 0.1) is 11.1 Å². The van der Waals surface area contributed by atoms with E-state index >= 15 is 0 Å². The third kappa shape index (κ3) is 4.95. The zero-order valence-corrected chi connectivity index (χ0v) is 12.3. The maximum atomic E-state index is 12.6. The average molecular weight is 303 g/mol. The molecule has 0 heterocycles. The van der Waals surface area contributed by atoms with Gasteiger partial charge in [-0.1, -0.05) is 20.3 Å². The molecule has 0 aliphatic carbocycles. The molecule has 2 unspecified atom stereocenters. The zero-order valence-electron chi connectivity index (χ0n) is 12.3. The van der Waals surface area contributed by atoms with Crippen LogP contribution in [0.2, 0.25) is 0 Å². The predicted molar refractivity (Wildman–Crippen MR) is 75.6 cm³/mol. The lowest BCUT2D eigenvalue weighted by atomic mass is 9.99. The third-order valence-electron chi connectivity index (χ3n) is 3.43. The first-order valence-corrected chi connectivity index (χ1v) is 6.86. The Hall–Kier alpha value is -1.72. The first kappa shape index (κ1) is 17.3. The Labute approximate surface area is 122 Å². The van der Waals surface area contributed by atoms with Crippen LogP contribution < -0.4 is 5.32 Å². The van der Waals surface area contributed by atoms with Gasteiger partial charge in [-0.25, -0.2) is 4.79 Å². The molecule has 0 saturated heterocycles. The lowest BCUT2D eigenvalue weighted by Crippen LogP contribution is -2.20. The number of nitrogens with one attached hydrogen (secondary N) is 1. The summed E-state index contributed by atoms with van der Waals surface area (Å²) in [5.74, 6) is -0.922. The molecule has 6 heteroatoms. The van der Waals surface area contributed by atoms with Crippen LogP contribution in [0.4, 0.5) is 18.9 Å². The number of anilines is 1. The van der Waals surface area contributed by atoms with Crippen molar-refractivity contribution in [3.8, 4) is 0 Å². The van der Waals surface area contributed by atoms with Crippen molar-refractivity contribution in [3.05, 3.63) is 29.3 Å². The van der Waals surface area contributed by atoms with Crippen LogP contribution in [0.1, 0.15) is 49.5 Å². The minimum atomic E-state index is -4.55. The summed E-state index contributed by atoms with van der Waals surface area (Å²) in [4.78, 5) is 11.2. The molecule has 1 rings (SSSR count). The van der Waals surface area contributed by atoms with Gasteiger partial charge in [-0.05, 0) is 37.5 Å². The number of rotatable bonds is 6. The summed E-state index contributed by atoms with van der Waals surface area (Å²) >= 11 is 0. The molecule has 118 valence electrons. The summed E-state index contributed by atoms with van der Waals surface area (Å²) < 4.78 is 37.9. The highest BCUT2D eigenvalue weighted by Gasteiger charge is 2.31. The molecular formula is C15H20F3NO2. The van der Waals surface area contributed by atoms with Gasteiger partial charge >= 0.3 is 12.1 Å². The van der Waals surface area contributed by atoms with Crippen LogP contribution in [0.5, 0.6) is 0 Å². The Kier molecular flexibility index (Phi) is 5.63. The van der Waals surface area contributed by atoms with Crippen molar-refractivity contribution in [3.63, 3.8) is 0 Å². The number of hydrogen-bond acceptors (Lipinski definition) is 2. The van der Waals surface area contributed by atoms with E-state index in [4.69, 9.17) is 5.11 Å². The largest absolute Gasteiger partial charge is 0.478 e. The lowest BCUT2D eigenvalue weighted by Gasteiger charge is -2.20. The molecule has 0 spiro atoms. The monoisotopic (exact) mass is 303 g/mol. The van der Waals surface area contributed by atoms with Crippen LogP contribution in [0.15, 0.2) is 18.2 Å². The van der Waals surface area contributed by atoms with E-state index in [1.807, 2.05) is 6.92 Å². The van der Waals surface area contributed by atoms with E-state index in [9.17, 15) is 18.0 Å². The van der Waals surface area contributed by atoms with Gasteiger partial charge in [-0.3, -0.25) is 0 Å². The van der Waals surface area contributed by atoms with Crippen LogP contribution in [0, 0.1) is 5.92 Å². The van der Waals surface area contributed by atoms with Crippen molar-refractivity contribution in [1.29, 1.82) is 0 Å². The molecule has 2 atom stereocenters. The second kappa shape index (κ2) is 6.83. The van der Waals surface area contributed by atoms with Crippen LogP contribution >= 0.6 is 0 Å². The van der Waals surface area contributed by atoms with E-state index in [1.165, 1.54) is 6.07 Å². The molecule has 0 saturated carbocycles. The summed E-state index contributed by atoms with van der Waals surface area (Å²) in [5.41, 5.74) is -1.10. The molecule has 0 fully saturated rings. The topological polar surface area (TPSA) is 49.3 Å². The standard InChI is InChI=1S/C15H20F3NO2/c1-4-9(2)7-10(3)19-13-6-5-11(15(16,17)18)8-12(13)14(20)21/h5-6,8-10,19H,4,7H2,1-3H3,(H,20,21). The van der Waals surface area contributed by atoms with E-state index < -0.39 is 17.7 Å². The smallest absolute Gasteiger partial charge is 0.416 e. The van der Waals surface area contributed by atoms with Crippen molar-refractivity contribution >= 4 is 11.7 Å². The Bertz CT molecular complexity index is 500. The van der Waals surface area contributed by atoms with Gasteiger partial charge in [0.2, 0.25) is 0 Å². The van der Waals surface area contributed by atoms with Gasteiger partial charge < -0.3 is 10.4 Å². The van der Waals surface area contributed by atoms with Gasteiger partial charge in [0.25, 0.3) is 0 Å². The summed E-state index contributed by atoms with van der Waals surface area (Å²) in [6.45, 7) is 6.01. The molecule has 1 aromatic rings. The molecule has 0 amide bonds. The van der Waals surface area contributed by atoms with E-state index in [1.54, 1.807) is 0 Å². The number of hydrogen-bond donors (Lipinski definition) is 2. The molecule has 21 heavy (non-hydrogen) atoms. The molecule has 0 aromatic heterocycles. The van der Waals surface area contributed by atoms with Crippen LogP contribution in [-0.4, -0.2) is 17.1 Å². The fourth-order valence-corrected chi connectivity index (χ4v) is 2.12. The van der Waals surface area contributed by atoms with Crippen molar-refractivity contribution in [2.75, 3.05) is 5.32 Å². The summed E-state index contributed by atoms with van der Waals surface area (Å²) in [7, 11) is 0. The summed E-state index contributed by atoms with van der Waals surface area (Å²) in [6, 6.07) is 2.72. The Balaban J connectivity index is 2.99. The van der Waals surface area contributed by atoms with Crippen molar-refractivity contribution < 1.29 is 23.1 Å². The number of alkyl halides is 3. The highest BCUT2D eigenvalue weighted by atomic mass is 19.4. The number of carboxylic acid groups (broad SMARTS) is 1. The third-order valence-corrected chi connectivity index (χ3v) is 3.43. The Morgan fingerprint density at radius 2 is 1.95 bits per heavy atom. The molecule has 0 aliphatic rings. The first-order chi connectivity index (χ1) is 9.65. The van der Waals surface area contributed by atoms with E-state index in [0.717, 1.165) is 18.9 Å². The fourth-order valence-electron chi connectivity index (χ4n) is 2.12. The molecule has 0 bridgehead atoms. The Morgan fingerprint density at radius 3 is 2.43 bits per heavy atom. The highest BCUT2D eigenvalue weighted by molar-refractivity contribution is 5.94. The van der Waals surface area contributed by atoms with E-state index in [2.05, 4.69) is 19.2 Å². The number of carbonyl (C=O) groups is 1. The number of carboxylic acids is 1. The summed E-state index contributed by atoms with van der Waals surface area (Å²) in [6.07, 6.45) is -2.74. The average Bonchev–Trinajstić information content (AvgIpc) is 2.37. The first-order valence-electron chi connectivity index (χ1n) is 6.86. The second-order valence-electron chi connectivity index (χ2n) is 5.36. The maximum Gasteiger partial charge on any atom is 0.416 e. The quantitative estimate of drug-likeness (QED) is 0.805. The van der Waals surface area contributed by atoms with Gasteiger partial charge in [0, 0.05) is 11.7 Å². The van der Waals surface area contributed by atoms with Gasteiger partial charge in [0.1, 0.15) is 0 Å². The predicted octanol–water partition coefficient (Wildman–Crippen LogP) is 4.64. The van der Waals surface area contributed by atoms with Crippen LogP contribution in [0.3, 0.4) is 0 Å². The van der Waals surface area contributed by atoms with Crippen LogP contribution in [0.25, 0.3) is 0 Å². The molecule has 3 nitrogen and oxygen atoms in total. The number of benzene rings is 1. The van der Waals surface area contributed by atoms with Crippen LogP contribution in [-0.2, 0) is 6.18 Å². The van der Waals surface area contributed by atoms with E-state index in [0.29, 0.717) is 12.0 Å². The Morgan fingerprint density at radius 1 is 1.33 bits per heavy atom. The summed E-state index contributed by atoms with van der Waals surface area (Å²) in [5, 5.41) is 12.1. The maximum absolute atomic E-state index is 12.6. The lowest BCUT2D eigenvalue weighted by molar-refractivity contribution is -0.137. The van der Waals surface area contributed by atoms with Crippen molar-refractivity contribution in [2.24, 2.45) is 5.92 Å². The molecule has 2 N–H and O–H groups in total. The van der Waals surface area contributed by atoms with Gasteiger partial charge in [-0.15, -0.1) is 0 Å². The van der Waals surface area contributed by atoms with Crippen molar-refractivity contribution in [2.45, 2.75) is 45.8 Å². The molecular weight excluding hydrogens is 283 g/mol. The molecule has 1 aromatic carbocycles. The second-order valence-corrected chi connectivity index (χ2v) is 5.36. The normalized spacial score (nSPS) is 14.6. The fraction of sp³-hybridized carbons (Fsp3) is 0.533. The number of halogens is 3. The highest BCUT2D eigenvalue weighted by Crippen LogP contribution is 2.32. The molecule has 0 aliphatic heterocycles. The minimum absolute atomic E-state index is 0.0187. The zero-order chi connectivity index (χ0) is 16.2. The van der Waals surface area contributed by atoms with Crippen molar-refractivity contribution in [1.82, 2.24) is 0 Å². The molecule has 0 radical (unpaired) electrons. The van der Waals surface area contributed by atoms with E-state index in [-0.39, 0.29) is 17.3 Å². The SMILES string of the molecule is CCC(C)CC(C)Nc1ccc(C(F)(F)F)cc1C(=O)O. The van der Waals surface area contributed by atoms with Gasteiger partial charge in [0.15, 0.2) is 0 Å².